The van der Waals surface area contributed by atoms with Gasteiger partial charge in [-0.2, -0.15) is 0 Å². The Kier molecular flexibility index (Phi) is 5.98. The number of amides is 1. The molecule has 6 heteroatoms. The number of hydrogen-bond acceptors (Lipinski definition) is 5. The quantitative estimate of drug-likeness (QED) is 0.413. The highest BCUT2D eigenvalue weighted by molar-refractivity contribution is 5.87. The smallest absolute Gasteiger partial charge is 0.253 e. The van der Waals surface area contributed by atoms with Gasteiger partial charge in [-0.15, -0.1) is 0 Å². The van der Waals surface area contributed by atoms with Gasteiger partial charge in [-0.1, -0.05) is 18.2 Å². The standard InChI is InChI=1S/C13H19N3O3/c1-10(17)9-12(14)13(18)16(15)7-8-19-11-5-3-2-4-6-11/h2-6,12H,7-9,14-15H2,1H3/t12-/m1/s1. The molecular weight excluding hydrogens is 246 g/mol. The number of carbonyl (C=O) groups excluding carboxylic acids is 2. The van der Waals surface area contributed by atoms with Crippen molar-refractivity contribution in [3.05, 3.63) is 30.3 Å². The molecule has 0 aliphatic rings. The van der Waals surface area contributed by atoms with Crippen molar-refractivity contribution in [1.29, 1.82) is 0 Å². The van der Waals surface area contributed by atoms with Gasteiger partial charge in [0.15, 0.2) is 0 Å². The van der Waals surface area contributed by atoms with Crippen LogP contribution >= 0.6 is 0 Å². The molecule has 0 heterocycles. The summed E-state index contributed by atoms with van der Waals surface area (Å²) < 4.78 is 5.41. The monoisotopic (exact) mass is 265 g/mol. The summed E-state index contributed by atoms with van der Waals surface area (Å²) in [6.45, 7) is 1.85. The first-order chi connectivity index (χ1) is 9.00. The summed E-state index contributed by atoms with van der Waals surface area (Å²) in [7, 11) is 0. The zero-order valence-corrected chi connectivity index (χ0v) is 10.9. The average molecular weight is 265 g/mol. The third-order valence-corrected chi connectivity index (χ3v) is 2.45. The molecule has 0 aliphatic heterocycles. The topological polar surface area (TPSA) is 98.7 Å². The van der Waals surface area contributed by atoms with Crippen molar-refractivity contribution in [2.75, 3.05) is 13.2 Å². The van der Waals surface area contributed by atoms with Gasteiger partial charge in [-0.25, -0.2) is 5.84 Å². The lowest BCUT2D eigenvalue weighted by Gasteiger charge is -2.20. The van der Waals surface area contributed by atoms with Gasteiger partial charge in [-0.3, -0.25) is 14.6 Å². The van der Waals surface area contributed by atoms with Gasteiger partial charge in [0.2, 0.25) is 0 Å². The second kappa shape index (κ2) is 7.50. The van der Waals surface area contributed by atoms with E-state index in [9.17, 15) is 9.59 Å². The van der Waals surface area contributed by atoms with Crippen LogP contribution in [-0.2, 0) is 9.59 Å². The Morgan fingerprint density at radius 3 is 2.53 bits per heavy atom. The lowest BCUT2D eigenvalue weighted by Crippen LogP contribution is -2.49. The molecule has 104 valence electrons. The van der Waals surface area contributed by atoms with Crippen LogP contribution in [-0.4, -0.2) is 35.9 Å². The molecular formula is C13H19N3O3. The van der Waals surface area contributed by atoms with Crippen molar-refractivity contribution in [1.82, 2.24) is 5.01 Å². The minimum Gasteiger partial charge on any atom is -0.492 e. The van der Waals surface area contributed by atoms with Crippen molar-refractivity contribution in [3.8, 4) is 5.75 Å². The highest BCUT2D eigenvalue weighted by Crippen LogP contribution is 2.07. The zero-order chi connectivity index (χ0) is 14.3. The third kappa shape index (κ3) is 5.50. The number of Topliss-reactive ketones (excluding diaryl/α,β-unsaturated/α-hetero) is 1. The van der Waals surface area contributed by atoms with E-state index >= 15 is 0 Å². The van der Waals surface area contributed by atoms with E-state index in [1.807, 2.05) is 30.3 Å². The molecule has 1 aromatic rings. The van der Waals surface area contributed by atoms with E-state index < -0.39 is 11.9 Å². The van der Waals surface area contributed by atoms with Crippen molar-refractivity contribution >= 4 is 11.7 Å². The molecule has 1 amide bonds. The van der Waals surface area contributed by atoms with Gasteiger partial charge < -0.3 is 10.5 Å². The third-order valence-electron chi connectivity index (χ3n) is 2.45. The number of ketones is 1. The van der Waals surface area contributed by atoms with Crippen LogP contribution in [0, 0.1) is 0 Å². The van der Waals surface area contributed by atoms with E-state index in [4.69, 9.17) is 16.3 Å². The number of hydrogen-bond donors (Lipinski definition) is 2. The number of carbonyl (C=O) groups is 2. The van der Waals surface area contributed by atoms with Crippen LogP contribution in [0.5, 0.6) is 5.75 Å². The summed E-state index contributed by atoms with van der Waals surface area (Å²) in [6.07, 6.45) is -0.00786. The Balaban J connectivity index is 2.32. The summed E-state index contributed by atoms with van der Waals surface area (Å²) in [4.78, 5) is 22.6. The normalized spacial score (nSPS) is 11.7. The summed E-state index contributed by atoms with van der Waals surface area (Å²) >= 11 is 0. The summed E-state index contributed by atoms with van der Waals surface area (Å²) in [5.41, 5.74) is 5.57. The van der Waals surface area contributed by atoms with Crippen LogP contribution < -0.4 is 16.3 Å². The minimum atomic E-state index is -0.890. The maximum absolute atomic E-state index is 11.7. The lowest BCUT2D eigenvalue weighted by atomic mass is 10.1. The van der Waals surface area contributed by atoms with Crippen LogP contribution in [0.4, 0.5) is 0 Å². The number of benzene rings is 1. The molecule has 0 spiro atoms. The molecule has 0 saturated carbocycles. The number of rotatable bonds is 7. The van der Waals surface area contributed by atoms with Crippen molar-refractivity contribution in [2.24, 2.45) is 11.6 Å². The molecule has 19 heavy (non-hydrogen) atoms. The summed E-state index contributed by atoms with van der Waals surface area (Å²) in [6, 6.07) is 8.31. The van der Waals surface area contributed by atoms with E-state index in [2.05, 4.69) is 0 Å². The Bertz CT molecular complexity index is 422. The Hall–Kier alpha value is -1.92. The second-order valence-electron chi connectivity index (χ2n) is 4.21. The Labute approximate surface area is 112 Å². The van der Waals surface area contributed by atoms with Crippen LogP contribution in [0.25, 0.3) is 0 Å². The number of ether oxygens (including phenoxy) is 1. The van der Waals surface area contributed by atoms with Gasteiger partial charge >= 0.3 is 0 Å². The average Bonchev–Trinajstić information content (AvgIpc) is 2.38. The van der Waals surface area contributed by atoms with Gasteiger partial charge in [-0.05, 0) is 19.1 Å². The maximum atomic E-state index is 11.7. The Morgan fingerprint density at radius 1 is 1.32 bits per heavy atom. The molecule has 0 unspecified atom stereocenters. The van der Waals surface area contributed by atoms with E-state index in [0.29, 0.717) is 5.75 Å². The van der Waals surface area contributed by atoms with E-state index in [1.54, 1.807) is 0 Å². The van der Waals surface area contributed by atoms with E-state index in [1.165, 1.54) is 6.92 Å². The molecule has 0 aromatic heterocycles. The predicted octanol–water partition coefficient (Wildman–Crippen LogP) is 0.0741. The SMILES string of the molecule is CC(=O)C[C@@H](N)C(=O)N(N)CCOc1ccccc1. The molecule has 0 aliphatic carbocycles. The fourth-order valence-electron chi connectivity index (χ4n) is 1.50. The first-order valence-corrected chi connectivity index (χ1v) is 5.99. The fraction of sp³-hybridized carbons (Fsp3) is 0.385. The number of nitrogens with zero attached hydrogens (tertiary/aromatic N) is 1. The summed E-state index contributed by atoms with van der Waals surface area (Å²) in [5, 5.41) is 0.983. The highest BCUT2D eigenvalue weighted by Gasteiger charge is 2.19. The molecule has 1 aromatic carbocycles. The van der Waals surface area contributed by atoms with Gasteiger partial charge in [0.1, 0.15) is 18.1 Å². The Morgan fingerprint density at radius 2 is 1.95 bits per heavy atom. The number of para-hydroxylation sites is 1. The van der Waals surface area contributed by atoms with Crippen molar-refractivity contribution < 1.29 is 14.3 Å². The highest BCUT2D eigenvalue weighted by atomic mass is 16.5. The maximum Gasteiger partial charge on any atom is 0.253 e. The van der Waals surface area contributed by atoms with E-state index in [-0.39, 0.29) is 25.4 Å². The van der Waals surface area contributed by atoms with Gasteiger partial charge in [0.05, 0.1) is 12.6 Å². The molecule has 4 N–H and O–H groups in total. The van der Waals surface area contributed by atoms with Crippen molar-refractivity contribution in [3.63, 3.8) is 0 Å². The number of nitrogens with two attached hydrogens (primary N) is 2. The van der Waals surface area contributed by atoms with Crippen LogP contribution in [0.15, 0.2) is 30.3 Å². The molecule has 1 rings (SSSR count). The molecule has 6 nitrogen and oxygen atoms in total. The fourth-order valence-corrected chi connectivity index (χ4v) is 1.50. The minimum absolute atomic E-state index is 0.00786. The first kappa shape index (κ1) is 15.1. The molecule has 1 atom stereocenters. The lowest BCUT2D eigenvalue weighted by molar-refractivity contribution is -0.135. The summed E-state index contributed by atoms with van der Waals surface area (Å²) in [5.74, 6) is 5.67. The van der Waals surface area contributed by atoms with Crippen LogP contribution in [0.3, 0.4) is 0 Å². The zero-order valence-electron chi connectivity index (χ0n) is 10.9. The van der Waals surface area contributed by atoms with Crippen LogP contribution in [0.2, 0.25) is 0 Å². The second-order valence-corrected chi connectivity index (χ2v) is 4.21. The largest absolute Gasteiger partial charge is 0.492 e. The van der Waals surface area contributed by atoms with Crippen molar-refractivity contribution in [2.45, 2.75) is 19.4 Å². The number of hydrazine groups is 1. The van der Waals surface area contributed by atoms with Crippen LogP contribution in [0.1, 0.15) is 13.3 Å². The predicted molar refractivity (Wildman–Crippen MR) is 71.1 cm³/mol. The molecule has 0 saturated heterocycles. The molecule has 0 fully saturated rings. The first-order valence-electron chi connectivity index (χ1n) is 5.99. The molecule has 0 radical (unpaired) electrons. The van der Waals surface area contributed by atoms with Gasteiger partial charge in [0, 0.05) is 6.42 Å². The van der Waals surface area contributed by atoms with E-state index in [0.717, 1.165) is 5.01 Å². The molecule has 0 bridgehead atoms. The van der Waals surface area contributed by atoms with Gasteiger partial charge in [0.25, 0.3) is 5.91 Å².